The number of nitrogens with one attached hydrogen (secondary N) is 1. The second-order valence-corrected chi connectivity index (χ2v) is 5.61. The van der Waals surface area contributed by atoms with Crippen LogP contribution in [-0.4, -0.2) is 45.9 Å². The number of carboxylic acid groups (broad SMARTS) is 1. The lowest BCUT2D eigenvalue weighted by Crippen LogP contribution is -2.39. The predicted molar refractivity (Wildman–Crippen MR) is 84.9 cm³/mol. The molecule has 1 aliphatic heterocycles. The van der Waals surface area contributed by atoms with Crippen LogP contribution in [0.4, 0.5) is 4.79 Å². The van der Waals surface area contributed by atoms with Crippen molar-refractivity contribution in [2.24, 2.45) is 0 Å². The van der Waals surface area contributed by atoms with E-state index in [2.05, 4.69) is 4.98 Å². The molecule has 0 aliphatic carbocycles. The van der Waals surface area contributed by atoms with E-state index in [0.717, 1.165) is 17.0 Å². The predicted octanol–water partition coefficient (Wildman–Crippen LogP) is 2.17. The van der Waals surface area contributed by atoms with Crippen LogP contribution < -0.4 is 10.4 Å². The van der Waals surface area contributed by atoms with Crippen molar-refractivity contribution in [2.75, 3.05) is 20.2 Å². The zero-order valence-corrected chi connectivity index (χ0v) is 12.9. The van der Waals surface area contributed by atoms with Crippen LogP contribution in [0.3, 0.4) is 0 Å². The normalized spacial score (nSPS) is 15.6. The number of amides is 1. The molecular formula is C16H19N3O4. The van der Waals surface area contributed by atoms with Gasteiger partial charge in [-0.15, -0.1) is 0 Å². The Morgan fingerprint density at radius 1 is 1.35 bits per heavy atom. The molecule has 0 spiro atoms. The summed E-state index contributed by atoms with van der Waals surface area (Å²) in [7, 11) is 1.60. The fourth-order valence-electron chi connectivity index (χ4n) is 2.95. The lowest BCUT2D eigenvalue weighted by molar-refractivity contribution is 0.125. The van der Waals surface area contributed by atoms with Gasteiger partial charge in [-0.25, -0.2) is 9.59 Å². The third-order valence-corrected chi connectivity index (χ3v) is 4.25. The summed E-state index contributed by atoms with van der Waals surface area (Å²) in [6.45, 7) is 0.901. The molecule has 3 rings (SSSR count). The number of ether oxygens (including phenoxy) is 1. The summed E-state index contributed by atoms with van der Waals surface area (Å²) < 4.78 is 6.88. The average molecular weight is 317 g/mol. The van der Waals surface area contributed by atoms with E-state index in [0.29, 0.717) is 25.9 Å². The van der Waals surface area contributed by atoms with Gasteiger partial charge in [-0.3, -0.25) is 4.57 Å². The molecule has 1 aromatic heterocycles. The Labute approximate surface area is 133 Å². The van der Waals surface area contributed by atoms with Crippen LogP contribution in [0.1, 0.15) is 18.9 Å². The fourth-order valence-corrected chi connectivity index (χ4v) is 2.95. The molecule has 122 valence electrons. The van der Waals surface area contributed by atoms with Crippen LogP contribution in [0.25, 0.3) is 11.3 Å². The molecule has 1 saturated heterocycles. The van der Waals surface area contributed by atoms with E-state index in [-0.39, 0.29) is 11.7 Å². The Balaban J connectivity index is 1.82. The molecular weight excluding hydrogens is 298 g/mol. The van der Waals surface area contributed by atoms with E-state index in [1.807, 2.05) is 24.3 Å². The molecule has 1 fully saturated rings. The van der Waals surface area contributed by atoms with Crippen molar-refractivity contribution in [1.29, 1.82) is 0 Å². The highest BCUT2D eigenvalue weighted by atomic mass is 16.5. The molecule has 0 saturated carbocycles. The molecule has 0 unspecified atom stereocenters. The first-order chi connectivity index (χ1) is 11.1. The number of aromatic nitrogens is 2. The number of carbonyl (C=O) groups is 1. The number of hydrogen-bond donors (Lipinski definition) is 2. The Morgan fingerprint density at radius 2 is 2.09 bits per heavy atom. The van der Waals surface area contributed by atoms with Crippen LogP contribution in [0.2, 0.25) is 0 Å². The second kappa shape index (κ2) is 6.20. The van der Waals surface area contributed by atoms with Gasteiger partial charge in [-0.05, 0) is 25.0 Å². The summed E-state index contributed by atoms with van der Waals surface area (Å²) in [5, 5.41) is 8.99. The first-order valence-corrected chi connectivity index (χ1v) is 7.52. The molecule has 0 atom stereocenters. The van der Waals surface area contributed by atoms with E-state index >= 15 is 0 Å². The largest absolute Gasteiger partial charge is 0.497 e. The second-order valence-electron chi connectivity index (χ2n) is 5.61. The number of imidazole rings is 1. The summed E-state index contributed by atoms with van der Waals surface area (Å²) in [4.78, 5) is 27.4. The number of likely N-dealkylation sites (tertiary alicyclic amines) is 1. The number of H-pyrrole nitrogens is 1. The van der Waals surface area contributed by atoms with Crippen molar-refractivity contribution in [3.8, 4) is 17.0 Å². The molecule has 7 nitrogen and oxygen atoms in total. The molecule has 2 N–H and O–H groups in total. The summed E-state index contributed by atoms with van der Waals surface area (Å²) >= 11 is 0. The van der Waals surface area contributed by atoms with Crippen LogP contribution in [0, 0.1) is 0 Å². The SMILES string of the molecule is COc1cccc(-c2cn(C3CCN(C(=O)O)CC3)c(=O)[nH]2)c1. The number of piperidine rings is 1. The minimum Gasteiger partial charge on any atom is -0.497 e. The number of hydrogen-bond acceptors (Lipinski definition) is 3. The Kier molecular flexibility index (Phi) is 4.10. The van der Waals surface area contributed by atoms with Crippen molar-refractivity contribution in [2.45, 2.75) is 18.9 Å². The van der Waals surface area contributed by atoms with E-state index < -0.39 is 6.09 Å². The smallest absolute Gasteiger partial charge is 0.407 e. The van der Waals surface area contributed by atoms with Crippen molar-refractivity contribution in [3.63, 3.8) is 0 Å². The van der Waals surface area contributed by atoms with E-state index in [1.165, 1.54) is 4.90 Å². The first kappa shape index (κ1) is 15.2. The highest BCUT2D eigenvalue weighted by molar-refractivity contribution is 5.65. The number of nitrogens with zero attached hydrogens (tertiary/aromatic N) is 2. The molecule has 2 aromatic rings. The molecule has 0 bridgehead atoms. The zero-order valence-electron chi connectivity index (χ0n) is 12.9. The van der Waals surface area contributed by atoms with Crippen molar-refractivity contribution < 1.29 is 14.6 Å². The van der Waals surface area contributed by atoms with Crippen LogP contribution in [-0.2, 0) is 0 Å². The molecule has 1 aliphatic rings. The number of aromatic amines is 1. The minimum absolute atomic E-state index is 0.0220. The van der Waals surface area contributed by atoms with Gasteiger partial charge in [0.25, 0.3) is 0 Å². The standard InChI is InChI=1S/C16H19N3O4/c1-23-13-4-2-3-11(9-13)14-10-19(15(20)17-14)12-5-7-18(8-6-12)16(21)22/h2-4,9-10,12H,5-8H2,1H3,(H,17,20)(H,21,22). The van der Waals surface area contributed by atoms with Gasteiger partial charge in [0.15, 0.2) is 0 Å². The van der Waals surface area contributed by atoms with Crippen molar-refractivity contribution >= 4 is 6.09 Å². The molecule has 0 radical (unpaired) electrons. The molecule has 7 heteroatoms. The van der Waals surface area contributed by atoms with Gasteiger partial charge in [0, 0.05) is 30.9 Å². The van der Waals surface area contributed by atoms with E-state index in [1.54, 1.807) is 17.9 Å². The molecule has 2 heterocycles. The van der Waals surface area contributed by atoms with Gasteiger partial charge in [0.1, 0.15) is 5.75 Å². The molecule has 1 amide bonds. The maximum Gasteiger partial charge on any atom is 0.407 e. The van der Waals surface area contributed by atoms with Gasteiger partial charge in [0.05, 0.1) is 12.8 Å². The van der Waals surface area contributed by atoms with Crippen LogP contribution in [0.15, 0.2) is 35.3 Å². The van der Waals surface area contributed by atoms with Gasteiger partial charge in [-0.1, -0.05) is 12.1 Å². The van der Waals surface area contributed by atoms with Gasteiger partial charge < -0.3 is 19.7 Å². The van der Waals surface area contributed by atoms with Crippen LogP contribution in [0.5, 0.6) is 5.75 Å². The fraction of sp³-hybridized carbons (Fsp3) is 0.375. The Morgan fingerprint density at radius 3 is 2.74 bits per heavy atom. The number of benzene rings is 1. The lowest BCUT2D eigenvalue weighted by atomic mass is 10.1. The maximum absolute atomic E-state index is 12.2. The van der Waals surface area contributed by atoms with Gasteiger partial charge in [-0.2, -0.15) is 0 Å². The monoisotopic (exact) mass is 317 g/mol. The molecule has 1 aromatic carbocycles. The third kappa shape index (κ3) is 3.08. The summed E-state index contributed by atoms with van der Waals surface area (Å²) in [5.41, 5.74) is 1.44. The summed E-state index contributed by atoms with van der Waals surface area (Å²) in [6.07, 6.45) is 2.18. The van der Waals surface area contributed by atoms with Crippen molar-refractivity contribution in [1.82, 2.24) is 14.5 Å². The van der Waals surface area contributed by atoms with Crippen LogP contribution >= 0.6 is 0 Å². The van der Waals surface area contributed by atoms with Gasteiger partial charge in [0.2, 0.25) is 0 Å². The highest BCUT2D eigenvalue weighted by Gasteiger charge is 2.24. The number of methoxy groups -OCH3 is 1. The van der Waals surface area contributed by atoms with Gasteiger partial charge >= 0.3 is 11.8 Å². The quantitative estimate of drug-likeness (QED) is 0.908. The molecule has 23 heavy (non-hydrogen) atoms. The zero-order chi connectivity index (χ0) is 16.4. The van der Waals surface area contributed by atoms with E-state index in [9.17, 15) is 9.59 Å². The Bertz CT molecular complexity index is 757. The van der Waals surface area contributed by atoms with E-state index in [4.69, 9.17) is 9.84 Å². The minimum atomic E-state index is -0.901. The lowest BCUT2D eigenvalue weighted by Gasteiger charge is -2.30. The Hall–Kier alpha value is -2.70. The topological polar surface area (TPSA) is 87.6 Å². The number of rotatable bonds is 3. The maximum atomic E-state index is 12.2. The van der Waals surface area contributed by atoms with Crippen molar-refractivity contribution in [3.05, 3.63) is 40.9 Å². The highest BCUT2D eigenvalue weighted by Crippen LogP contribution is 2.25. The average Bonchev–Trinajstić information content (AvgIpc) is 2.97. The first-order valence-electron chi connectivity index (χ1n) is 7.52. The summed E-state index contributed by atoms with van der Waals surface area (Å²) in [5.74, 6) is 0.728. The third-order valence-electron chi connectivity index (χ3n) is 4.25. The summed E-state index contributed by atoms with van der Waals surface area (Å²) in [6, 6.07) is 7.51.